The molecule has 5 heteroatoms. The van der Waals surface area contributed by atoms with E-state index in [1.807, 2.05) is 0 Å². The highest BCUT2D eigenvalue weighted by Crippen LogP contribution is 2.07. The van der Waals surface area contributed by atoms with Crippen molar-refractivity contribution in [2.45, 2.75) is 18.2 Å². The number of amides is 1. The van der Waals surface area contributed by atoms with Gasteiger partial charge in [-0.05, 0) is 0 Å². The van der Waals surface area contributed by atoms with Crippen LogP contribution < -0.4 is 5.32 Å². The van der Waals surface area contributed by atoms with E-state index in [1.54, 1.807) is 0 Å². The number of carbonyl (C=O) groups excluding carboxylic acids is 1. The van der Waals surface area contributed by atoms with E-state index in [0.717, 1.165) is 0 Å². The third-order valence-electron chi connectivity index (χ3n) is 1.53. The highest BCUT2D eigenvalue weighted by molar-refractivity contribution is 5.84. The summed E-state index contributed by atoms with van der Waals surface area (Å²) in [6.45, 7) is -0.357. The van der Waals surface area contributed by atoms with Crippen LogP contribution in [0, 0.1) is 0 Å². The van der Waals surface area contributed by atoms with E-state index >= 15 is 0 Å². The van der Waals surface area contributed by atoms with E-state index in [2.05, 4.69) is 5.32 Å². The minimum absolute atomic E-state index is 0.357. The Balaban J connectivity index is 2.61. The number of nitrogens with one attached hydrogen (secondary N) is 1. The Labute approximate surface area is 57.3 Å². The summed E-state index contributed by atoms with van der Waals surface area (Å²) in [5, 5.41) is 28.4. The summed E-state index contributed by atoms with van der Waals surface area (Å²) in [7, 11) is 0. The van der Waals surface area contributed by atoms with Crippen LogP contribution in [0.5, 0.6) is 0 Å². The Morgan fingerprint density at radius 2 is 2.10 bits per heavy atom. The van der Waals surface area contributed by atoms with Crippen molar-refractivity contribution in [1.29, 1.82) is 0 Å². The maximum absolute atomic E-state index is 10.5. The van der Waals surface area contributed by atoms with Gasteiger partial charge in [0.2, 0.25) is 0 Å². The first-order valence-corrected chi connectivity index (χ1v) is 2.94. The molecule has 1 amide bonds. The van der Waals surface area contributed by atoms with E-state index < -0.39 is 24.2 Å². The maximum atomic E-state index is 10.5. The lowest BCUT2D eigenvalue weighted by Gasteiger charge is -2.10. The zero-order valence-electron chi connectivity index (χ0n) is 5.19. The Kier molecular flexibility index (Phi) is 1.89. The van der Waals surface area contributed by atoms with Gasteiger partial charge in [-0.25, -0.2) is 0 Å². The predicted octanol–water partition coefficient (Wildman–Crippen LogP) is -2.80. The van der Waals surface area contributed by atoms with Crippen molar-refractivity contribution in [2.24, 2.45) is 0 Å². The van der Waals surface area contributed by atoms with Crippen molar-refractivity contribution in [1.82, 2.24) is 5.32 Å². The van der Waals surface area contributed by atoms with Crippen molar-refractivity contribution in [3.63, 3.8) is 0 Å². The molecule has 1 aliphatic heterocycles. The lowest BCUT2D eigenvalue weighted by Crippen LogP contribution is -2.35. The first-order valence-electron chi connectivity index (χ1n) is 2.94. The minimum Gasteiger partial charge on any atom is -0.394 e. The first kappa shape index (κ1) is 7.46. The van der Waals surface area contributed by atoms with Crippen LogP contribution in [0.25, 0.3) is 0 Å². The highest BCUT2D eigenvalue weighted by atomic mass is 16.3. The van der Waals surface area contributed by atoms with Gasteiger partial charge < -0.3 is 20.6 Å². The smallest absolute Gasteiger partial charge is 0.252 e. The zero-order chi connectivity index (χ0) is 7.72. The maximum Gasteiger partial charge on any atom is 0.252 e. The van der Waals surface area contributed by atoms with Crippen LogP contribution in [0.2, 0.25) is 0 Å². The molecule has 0 aromatic rings. The summed E-state index contributed by atoms with van der Waals surface area (Å²) >= 11 is 0. The molecule has 58 valence electrons. The third kappa shape index (κ3) is 0.985. The van der Waals surface area contributed by atoms with Gasteiger partial charge in [-0.1, -0.05) is 0 Å². The van der Waals surface area contributed by atoms with Crippen LogP contribution in [0.15, 0.2) is 0 Å². The molecular weight excluding hydrogens is 138 g/mol. The third-order valence-corrected chi connectivity index (χ3v) is 1.53. The monoisotopic (exact) mass is 147 g/mol. The molecular formula is C5H9NO4. The lowest BCUT2D eigenvalue weighted by molar-refractivity contribution is -0.128. The molecule has 0 aromatic heterocycles. The quantitative estimate of drug-likeness (QED) is 0.322. The number of aliphatic hydroxyl groups excluding tert-OH is 3. The second-order valence-electron chi connectivity index (χ2n) is 2.23. The predicted molar refractivity (Wildman–Crippen MR) is 31.0 cm³/mol. The molecule has 1 heterocycles. The Hall–Kier alpha value is -0.650. The van der Waals surface area contributed by atoms with E-state index in [1.165, 1.54) is 0 Å². The molecule has 1 rings (SSSR count). The summed E-state index contributed by atoms with van der Waals surface area (Å²) < 4.78 is 0. The molecule has 0 radical (unpaired) electrons. The van der Waals surface area contributed by atoms with Gasteiger partial charge in [0.1, 0.15) is 6.10 Å². The van der Waals surface area contributed by atoms with Gasteiger partial charge in [0.25, 0.3) is 5.91 Å². The molecule has 0 saturated carbocycles. The lowest BCUT2D eigenvalue weighted by atomic mass is 10.1. The average Bonchev–Trinajstić information content (AvgIpc) is 2.17. The molecule has 5 nitrogen and oxygen atoms in total. The van der Waals surface area contributed by atoms with Crippen LogP contribution in [-0.4, -0.2) is 46.1 Å². The van der Waals surface area contributed by atoms with Crippen LogP contribution in [0.4, 0.5) is 0 Å². The van der Waals surface area contributed by atoms with Crippen molar-refractivity contribution < 1.29 is 20.1 Å². The number of hydrogen-bond acceptors (Lipinski definition) is 4. The molecule has 4 N–H and O–H groups in total. The van der Waals surface area contributed by atoms with Gasteiger partial charge in [0.15, 0.2) is 6.10 Å². The molecule has 10 heavy (non-hydrogen) atoms. The zero-order valence-corrected chi connectivity index (χ0v) is 5.19. The number of carbonyl (C=O) groups is 1. The molecule has 1 fully saturated rings. The Bertz CT molecular complexity index is 149. The summed E-state index contributed by atoms with van der Waals surface area (Å²) in [4.78, 5) is 10.5. The van der Waals surface area contributed by atoms with Crippen molar-refractivity contribution >= 4 is 5.91 Å². The van der Waals surface area contributed by atoms with Crippen LogP contribution in [-0.2, 0) is 4.79 Å². The van der Waals surface area contributed by atoms with E-state index in [0.29, 0.717) is 0 Å². The van der Waals surface area contributed by atoms with Crippen molar-refractivity contribution in [2.75, 3.05) is 6.61 Å². The van der Waals surface area contributed by atoms with Crippen LogP contribution in [0.1, 0.15) is 0 Å². The Morgan fingerprint density at radius 1 is 1.50 bits per heavy atom. The summed E-state index contributed by atoms with van der Waals surface area (Å²) in [6.07, 6.45) is -2.57. The second-order valence-corrected chi connectivity index (χ2v) is 2.23. The average molecular weight is 147 g/mol. The molecule has 0 aromatic carbocycles. The summed E-state index contributed by atoms with van der Waals surface area (Å²) in [5.41, 5.74) is 0. The molecule has 0 spiro atoms. The van der Waals surface area contributed by atoms with Crippen LogP contribution in [0.3, 0.4) is 0 Å². The fraction of sp³-hybridized carbons (Fsp3) is 0.800. The van der Waals surface area contributed by atoms with Gasteiger partial charge >= 0.3 is 0 Å². The van der Waals surface area contributed by atoms with Crippen molar-refractivity contribution in [3.05, 3.63) is 0 Å². The minimum atomic E-state index is -1.39. The van der Waals surface area contributed by atoms with Gasteiger partial charge in [0.05, 0.1) is 12.6 Å². The fourth-order valence-corrected chi connectivity index (χ4v) is 0.882. The molecule has 0 unspecified atom stereocenters. The van der Waals surface area contributed by atoms with Gasteiger partial charge in [0, 0.05) is 0 Å². The molecule has 0 aliphatic carbocycles. The Morgan fingerprint density at radius 3 is 2.30 bits per heavy atom. The summed E-state index contributed by atoms with van der Waals surface area (Å²) in [5.74, 6) is -0.633. The van der Waals surface area contributed by atoms with Crippen LogP contribution >= 0.6 is 0 Å². The number of rotatable bonds is 1. The molecule has 1 saturated heterocycles. The SMILES string of the molecule is O=C1N[C@H](CO)[C@H](O)[C@H]1O. The first-order chi connectivity index (χ1) is 4.66. The standard InChI is InChI=1S/C5H9NO4/c7-1-2-3(8)4(9)5(10)6-2/h2-4,7-9H,1H2,(H,6,10)/t2-,3+,4-/m1/s1. The number of aliphatic hydroxyl groups is 3. The molecule has 0 bridgehead atoms. The largest absolute Gasteiger partial charge is 0.394 e. The second kappa shape index (κ2) is 2.53. The molecule has 3 atom stereocenters. The van der Waals surface area contributed by atoms with E-state index in [4.69, 9.17) is 15.3 Å². The van der Waals surface area contributed by atoms with Gasteiger partial charge in [-0.2, -0.15) is 0 Å². The highest BCUT2D eigenvalue weighted by Gasteiger charge is 2.39. The van der Waals surface area contributed by atoms with E-state index in [9.17, 15) is 4.79 Å². The number of hydrogen-bond donors (Lipinski definition) is 4. The van der Waals surface area contributed by atoms with Gasteiger partial charge in [-0.15, -0.1) is 0 Å². The topological polar surface area (TPSA) is 89.8 Å². The fourth-order valence-electron chi connectivity index (χ4n) is 0.882. The summed E-state index contributed by atoms with van der Waals surface area (Å²) in [6, 6.07) is -0.720. The normalized spacial score (nSPS) is 39.9. The van der Waals surface area contributed by atoms with Crippen molar-refractivity contribution in [3.8, 4) is 0 Å². The van der Waals surface area contributed by atoms with Gasteiger partial charge in [-0.3, -0.25) is 4.79 Å². The van der Waals surface area contributed by atoms with E-state index in [-0.39, 0.29) is 6.61 Å². The molecule has 1 aliphatic rings.